The summed E-state index contributed by atoms with van der Waals surface area (Å²) in [6, 6.07) is 0.903. The minimum atomic E-state index is 0.165. The van der Waals surface area contributed by atoms with Crippen LogP contribution in [-0.2, 0) is 4.79 Å². The van der Waals surface area contributed by atoms with Crippen molar-refractivity contribution in [2.24, 2.45) is 17.8 Å². The van der Waals surface area contributed by atoms with Gasteiger partial charge in [-0.1, -0.05) is 13.8 Å². The Morgan fingerprint density at radius 3 is 2.06 bits per heavy atom. The molecule has 3 heteroatoms. The van der Waals surface area contributed by atoms with Crippen LogP contribution in [0, 0.1) is 17.8 Å². The van der Waals surface area contributed by atoms with Crippen molar-refractivity contribution in [3.63, 3.8) is 0 Å². The maximum absolute atomic E-state index is 11.9. The molecule has 0 bridgehead atoms. The van der Waals surface area contributed by atoms with Crippen LogP contribution in [0.5, 0.6) is 0 Å². The predicted octanol–water partition coefficient (Wildman–Crippen LogP) is 1.19. The monoisotopic (exact) mass is 222 g/mol. The van der Waals surface area contributed by atoms with E-state index >= 15 is 0 Å². The maximum atomic E-state index is 11.9. The molecule has 2 atom stereocenters. The molecule has 1 amide bonds. The number of hydrogen-bond acceptors (Lipinski definition) is 2. The lowest BCUT2D eigenvalue weighted by molar-refractivity contribution is -0.133. The molecule has 0 spiro atoms. The first-order chi connectivity index (χ1) is 7.65. The van der Waals surface area contributed by atoms with Gasteiger partial charge in [0.15, 0.2) is 0 Å². The van der Waals surface area contributed by atoms with Crippen LogP contribution in [0.4, 0.5) is 0 Å². The predicted molar refractivity (Wildman–Crippen MR) is 63.0 cm³/mol. The molecule has 2 aliphatic heterocycles. The van der Waals surface area contributed by atoms with Crippen LogP contribution < -0.4 is 0 Å². The number of likely N-dealkylation sites (tertiary alicyclic amines) is 2. The Kier molecular flexibility index (Phi) is 2.46. The second kappa shape index (κ2) is 3.73. The lowest BCUT2D eigenvalue weighted by atomic mass is 10.0. The third-order valence-corrected chi connectivity index (χ3v) is 4.38. The molecule has 3 fully saturated rings. The molecule has 2 heterocycles. The molecule has 0 N–H and O–H groups in total. The summed E-state index contributed by atoms with van der Waals surface area (Å²) in [5.41, 5.74) is 0. The largest absolute Gasteiger partial charge is 0.342 e. The summed E-state index contributed by atoms with van der Waals surface area (Å²) < 4.78 is 0. The van der Waals surface area contributed by atoms with Crippen molar-refractivity contribution in [1.29, 1.82) is 0 Å². The van der Waals surface area contributed by atoms with Crippen LogP contribution in [0.1, 0.15) is 26.7 Å². The molecule has 2 unspecified atom stereocenters. The average molecular weight is 222 g/mol. The molecule has 90 valence electrons. The highest BCUT2D eigenvalue weighted by Gasteiger charge is 2.45. The van der Waals surface area contributed by atoms with Crippen molar-refractivity contribution in [3.05, 3.63) is 0 Å². The Hall–Kier alpha value is -0.570. The standard InChI is InChI=1S/C13H22N2O/c1-9(2)13(16)15-7-10-5-14(12-3-4-12)6-11(10)8-15/h9-12H,3-8H2,1-2H3. The molecule has 0 radical (unpaired) electrons. The Morgan fingerprint density at radius 1 is 1.06 bits per heavy atom. The minimum absolute atomic E-state index is 0.165. The van der Waals surface area contributed by atoms with E-state index < -0.39 is 0 Å². The first-order valence-corrected chi connectivity index (χ1v) is 6.68. The van der Waals surface area contributed by atoms with E-state index in [0.717, 1.165) is 31.0 Å². The number of carbonyl (C=O) groups excluding carboxylic acids is 1. The summed E-state index contributed by atoms with van der Waals surface area (Å²) in [4.78, 5) is 16.7. The summed E-state index contributed by atoms with van der Waals surface area (Å²) in [7, 11) is 0. The molecular weight excluding hydrogens is 200 g/mol. The summed E-state index contributed by atoms with van der Waals surface area (Å²) in [5, 5.41) is 0. The maximum Gasteiger partial charge on any atom is 0.225 e. The van der Waals surface area contributed by atoms with Crippen LogP contribution in [-0.4, -0.2) is 47.9 Å². The van der Waals surface area contributed by atoms with Gasteiger partial charge in [0.2, 0.25) is 5.91 Å². The van der Waals surface area contributed by atoms with E-state index in [9.17, 15) is 4.79 Å². The van der Waals surface area contributed by atoms with Crippen LogP contribution >= 0.6 is 0 Å². The molecule has 3 nitrogen and oxygen atoms in total. The highest BCUT2D eigenvalue weighted by atomic mass is 16.2. The van der Waals surface area contributed by atoms with Gasteiger partial charge in [0, 0.05) is 38.1 Å². The molecule has 16 heavy (non-hydrogen) atoms. The van der Waals surface area contributed by atoms with Gasteiger partial charge < -0.3 is 4.90 Å². The normalized spacial score (nSPS) is 34.8. The fraction of sp³-hybridized carbons (Fsp3) is 0.923. The van der Waals surface area contributed by atoms with Gasteiger partial charge in [0.05, 0.1) is 0 Å². The molecule has 0 aromatic rings. The van der Waals surface area contributed by atoms with E-state index in [1.165, 1.54) is 25.9 Å². The van der Waals surface area contributed by atoms with Gasteiger partial charge in [-0.3, -0.25) is 9.69 Å². The lowest BCUT2D eigenvalue weighted by Gasteiger charge is -2.22. The molecule has 2 saturated heterocycles. The van der Waals surface area contributed by atoms with Gasteiger partial charge in [-0.15, -0.1) is 0 Å². The Bertz CT molecular complexity index is 284. The third kappa shape index (κ3) is 1.75. The van der Waals surface area contributed by atoms with E-state index in [0.29, 0.717) is 5.91 Å². The zero-order valence-electron chi connectivity index (χ0n) is 10.4. The number of hydrogen-bond donors (Lipinski definition) is 0. The molecule has 1 aliphatic carbocycles. The molecule has 0 aromatic carbocycles. The quantitative estimate of drug-likeness (QED) is 0.701. The number of rotatable bonds is 2. The van der Waals surface area contributed by atoms with Gasteiger partial charge >= 0.3 is 0 Å². The molecule has 1 saturated carbocycles. The zero-order chi connectivity index (χ0) is 11.3. The molecular formula is C13H22N2O. The van der Waals surface area contributed by atoms with Crippen molar-refractivity contribution in [2.45, 2.75) is 32.7 Å². The fourth-order valence-corrected chi connectivity index (χ4v) is 3.31. The first-order valence-electron chi connectivity index (χ1n) is 6.68. The van der Waals surface area contributed by atoms with Crippen molar-refractivity contribution in [2.75, 3.05) is 26.2 Å². The van der Waals surface area contributed by atoms with E-state index in [1.54, 1.807) is 0 Å². The van der Waals surface area contributed by atoms with Gasteiger partial charge in [-0.25, -0.2) is 0 Å². The topological polar surface area (TPSA) is 23.6 Å². The first kappa shape index (κ1) is 10.6. The fourth-order valence-electron chi connectivity index (χ4n) is 3.31. The van der Waals surface area contributed by atoms with E-state index in [-0.39, 0.29) is 5.92 Å². The van der Waals surface area contributed by atoms with Crippen LogP contribution in [0.3, 0.4) is 0 Å². The SMILES string of the molecule is CC(C)C(=O)N1CC2CN(C3CC3)CC2C1. The Morgan fingerprint density at radius 2 is 1.62 bits per heavy atom. The molecule has 3 aliphatic rings. The van der Waals surface area contributed by atoms with Gasteiger partial charge in [0.25, 0.3) is 0 Å². The molecule has 0 aromatic heterocycles. The Labute approximate surface area is 97.8 Å². The van der Waals surface area contributed by atoms with Crippen molar-refractivity contribution >= 4 is 5.91 Å². The van der Waals surface area contributed by atoms with E-state index in [1.807, 2.05) is 13.8 Å². The highest BCUT2D eigenvalue weighted by Crippen LogP contribution is 2.38. The molecule has 3 rings (SSSR count). The van der Waals surface area contributed by atoms with Crippen molar-refractivity contribution in [3.8, 4) is 0 Å². The smallest absolute Gasteiger partial charge is 0.225 e. The minimum Gasteiger partial charge on any atom is -0.342 e. The van der Waals surface area contributed by atoms with Crippen LogP contribution in [0.15, 0.2) is 0 Å². The average Bonchev–Trinajstić information content (AvgIpc) is 2.89. The number of nitrogens with zero attached hydrogens (tertiary/aromatic N) is 2. The summed E-state index contributed by atoms with van der Waals surface area (Å²) in [6.45, 7) is 8.55. The van der Waals surface area contributed by atoms with Gasteiger partial charge in [-0.2, -0.15) is 0 Å². The second-order valence-electron chi connectivity index (χ2n) is 6.10. The van der Waals surface area contributed by atoms with Crippen molar-refractivity contribution in [1.82, 2.24) is 9.80 Å². The summed E-state index contributed by atoms with van der Waals surface area (Å²) in [5.74, 6) is 2.05. The summed E-state index contributed by atoms with van der Waals surface area (Å²) in [6.07, 6.45) is 2.82. The highest BCUT2D eigenvalue weighted by molar-refractivity contribution is 5.78. The second-order valence-corrected chi connectivity index (χ2v) is 6.10. The van der Waals surface area contributed by atoms with E-state index in [2.05, 4.69) is 9.80 Å². The third-order valence-electron chi connectivity index (χ3n) is 4.38. The van der Waals surface area contributed by atoms with Crippen LogP contribution in [0.25, 0.3) is 0 Å². The zero-order valence-corrected chi connectivity index (χ0v) is 10.4. The Balaban J connectivity index is 1.58. The number of fused-ring (bicyclic) bond motifs is 1. The van der Waals surface area contributed by atoms with Crippen molar-refractivity contribution < 1.29 is 4.79 Å². The van der Waals surface area contributed by atoms with Crippen LogP contribution in [0.2, 0.25) is 0 Å². The van der Waals surface area contributed by atoms with Gasteiger partial charge in [-0.05, 0) is 24.7 Å². The number of amides is 1. The number of carbonyl (C=O) groups is 1. The lowest BCUT2D eigenvalue weighted by Crippen LogP contribution is -2.36. The van der Waals surface area contributed by atoms with E-state index in [4.69, 9.17) is 0 Å². The summed E-state index contributed by atoms with van der Waals surface area (Å²) >= 11 is 0. The van der Waals surface area contributed by atoms with Gasteiger partial charge in [0.1, 0.15) is 0 Å².